The number of nitrogen functional groups attached to an aromatic ring is 1. The van der Waals surface area contributed by atoms with Crippen LogP contribution < -0.4 is 11.1 Å². The molecule has 0 atom stereocenters. The highest BCUT2D eigenvalue weighted by Gasteiger charge is 2.08. The summed E-state index contributed by atoms with van der Waals surface area (Å²) in [5, 5.41) is 3.26. The van der Waals surface area contributed by atoms with Gasteiger partial charge in [0.2, 0.25) is 0 Å². The number of rotatable bonds is 6. The van der Waals surface area contributed by atoms with Gasteiger partial charge in [-0.25, -0.2) is 4.79 Å². The third kappa shape index (κ3) is 4.21. The molecular formula is C16H19N3O2. The van der Waals surface area contributed by atoms with Crippen molar-refractivity contribution in [1.82, 2.24) is 4.98 Å². The van der Waals surface area contributed by atoms with Crippen molar-refractivity contribution in [2.45, 2.75) is 13.3 Å². The number of ether oxygens (including phenoxy) is 1. The molecule has 0 bridgehead atoms. The fourth-order valence-corrected chi connectivity index (χ4v) is 1.96. The van der Waals surface area contributed by atoms with Gasteiger partial charge in [-0.3, -0.25) is 4.98 Å². The molecule has 2 rings (SSSR count). The van der Waals surface area contributed by atoms with Crippen LogP contribution in [0.15, 0.2) is 42.7 Å². The number of benzene rings is 1. The lowest BCUT2D eigenvalue weighted by atomic mass is 10.1. The molecule has 1 heterocycles. The van der Waals surface area contributed by atoms with Gasteiger partial charge in [-0.05, 0) is 49.2 Å². The van der Waals surface area contributed by atoms with Gasteiger partial charge >= 0.3 is 5.97 Å². The summed E-state index contributed by atoms with van der Waals surface area (Å²) in [5.41, 5.74) is 8.98. The molecular weight excluding hydrogens is 266 g/mol. The molecule has 0 unspecified atom stereocenters. The number of esters is 1. The van der Waals surface area contributed by atoms with Crippen molar-refractivity contribution in [2.75, 3.05) is 24.2 Å². The number of hydrogen-bond acceptors (Lipinski definition) is 5. The number of hydrogen-bond donors (Lipinski definition) is 2. The average Bonchev–Trinajstić information content (AvgIpc) is 2.50. The minimum Gasteiger partial charge on any atom is -0.462 e. The monoisotopic (exact) mass is 285 g/mol. The Balaban J connectivity index is 1.93. The molecule has 0 saturated carbocycles. The van der Waals surface area contributed by atoms with Crippen LogP contribution in [-0.2, 0) is 11.2 Å². The van der Waals surface area contributed by atoms with Gasteiger partial charge in [0.05, 0.1) is 23.5 Å². The quantitative estimate of drug-likeness (QED) is 0.630. The number of anilines is 2. The summed E-state index contributed by atoms with van der Waals surface area (Å²) < 4.78 is 4.94. The third-order valence-corrected chi connectivity index (χ3v) is 3.04. The molecule has 0 radical (unpaired) electrons. The Morgan fingerprint density at radius 1 is 1.29 bits per heavy atom. The smallest absolute Gasteiger partial charge is 0.338 e. The van der Waals surface area contributed by atoms with E-state index in [0.29, 0.717) is 17.9 Å². The van der Waals surface area contributed by atoms with Gasteiger partial charge in [0, 0.05) is 18.9 Å². The molecule has 3 N–H and O–H groups in total. The molecule has 5 nitrogen and oxygen atoms in total. The molecule has 0 fully saturated rings. The SMILES string of the molecule is CCOC(=O)c1ccc(NCCc2ccncc2)c(N)c1. The van der Waals surface area contributed by atoms with E-state index in [4.69, 9.17) is 10.5 Å². The van der Waals surface area contributed by atoms with E-state index in [0.717, 1.165) is 18.7 Å². The summed E-state index contributed by atoms with van der Waals surface area (Å²) in [6.07, 6.45) is 4.43. The van der Waals surface area contributed by atoms with Crippen molar-refractivity contribution in [2.24, 2.45) is 0 Å². The first-order chi connectivity index (χ1) is 10.2. The Labute approximate surface area is 124 Å². The van der Waals surface area contributed by atoms with E-state index in [1.165, 1.54) is 5.56 Å². The zero-order valence-electron chi connectivity index (χ0n) is 12.0. The van der Waals surface area contributed by atoms with Crippen molar-refractivity contribution in [3.05, 3.63) is 53.9 Å². The zero-order chi connectivity index (χ0) is 15.1. The van der Waals surface area contributed by atoms with Gasteiger partial charge in [-0.15, -0.1) is 0 Å². The predicted molar refractivity (Wildman–Crippen MR) is 83.2 cm³/mol. The molecule has 21 heavy (non-hydrogen) atoms. The molecule has 1 aromatic carbocycles. The number of carbonyl (C=O) groups excluding carboxylic acids is 1. The number of nitrogens with zero attached hydrogens (tertiary/aromatic N) is 1. The summed E-state index contributed by atoms with van der Waals surface area (Å²) in [4.78, 5) is 15.6. The Hall–Kier alpha value is -2.56. The number of nitrogens with two attached hydrogens (primary N) is 1. The van der Waals surface area contributed by atoms with Crippen LogP contribution in [0.25, 0.3) is 0 Å². The van der Waals surface area contributed by atoms with Gasteiger partial charge in [0.25, 0.3) is 0 Å². The maximum atomic E-state index is 11.6. The molecule has 0 saturated heterocycles. The highest BCUT2D eigenvalue weighted by molar-refractivity contribution is 5.91. The normalized spacial score (nSPS) is 10.1. The molecule has 0 spiro atoms. The first-order valence-corrected chi connectivity index (χ1v) is 6.90. The molecule has 2 aromatic rings. The number of pyridine rings is 1. The van der Waals surface area contributed by atoms with Crippen LogP contribution in [0.5, 0.6) is 0 Å². The van der Waals surface area contributed by atoms with Crippen LogP contribution in [0.4, 0.5) is 11.4 Å². The minimum absolute atomic E-state index is 0.352. The minimum atomic E-state index is -0.354. The fraction of sp³-hybridized carbons (Fsp3) is 0.250. The van der Waals surface area contributed by atoms with Crippen LogP contribution in [0.1, 0.15) is 22.8 Å². The van der Waals surface area contributed by atoms with Crippen molar-refractivity contribution >= 4 is 17.3 Å². The highest BCUT2D eigenvalue weighted by Crippen LogP contribution is 2.20. The lowest BCUT2D eigenvalue weighted by molar-refractivity contribution is 0.0526. The Kier molecular flexibility index (Phi) is 5.15. The Morgan fingerprint density at radius 2 is 2.05 bits per heavy atom. The van der Waals surface area contributed by atoms with Crippen LogP contribution in [0.3, 0.4) is 0 Å². The van der Waals surface area contributed by atoms with Gasteiger partial charge < -0.3 is 15.8 Å². The van der Waals surface area contributed by atoms with Gasteiger partial charge in [0.15, 0.2) is 0 Å². The van der Waals surface area contributed by atoms with Gasteiger partial charge in [-0.1, -0.05) is 0 Å². The van der Waals surface area contributed by atoms with Crippen molar-refractivity contribution in [3.63, 3.8) is 0 Å². The second-order valence-electron chi connectivity index (χ2n) is 4.55. The van der Waals surface area contributed by atoms with Gasteiger partial charge in [-0.2, -0.15) is 0 Å². The predicted octanol–water partition coefficient (Wildman–Crippen LogP) is 2.50. The van der Waals surface area contributed by atoms with Crippen molar-refractivity contribution in [3.8, 4) is 0 Å². The second-order valence-corrected chi connectivity index (χ2v) is 4.55. The van der Waals surface area contributed by atoms with E-state index < -0.39 is 0 Å². The molecule has 110 valence electrons. The zero-order valence-corrected chi connectivity index (χ0v) is 12.0. The molecule has 0 aliphatic rings. The van der Waals surface area contributed by atoms with Crippen LogP contribution in [-0.4, -0.2) is 24.1 Å². The summed E-state index contributed by atoms with van der Waals surface area (Å²) in [7, 11) is 0. The average molecular weight is 285 g/mol. The standard InChI is InChI=1S/C16H19N3O2/c1-2-21-16(20)13-3-4-15(14(17)11-13)19-10-7-12-5-8-18-9-6-12/h3-6,8-9,11,19H,2,7,10,17H2,1H3. The van der Waals surface area contributed by atoms with Crippen LogP contribution >= 0.6 is 0 Å². The molecule has 0 amide bonds. The van der Waals surface area contributed by atoms with Crippen molar-refractivity contribution in [1.29, 1.82) is 0 Å². The first kappa shape index (κ1) is 14.8. The Morgan fingerprint density at radius 3 is 2.71 bits per heavy atom. The highest BCUT2D eigenvalue weighted by atomic mass is 16.5. The van der Waals surface area contributed by atoms with E-state index >= 15 is 0 Å². The number of nitrogens with one attached hydrogen (secondary N) is 1. The van der Waals surface area contributed by atoms with Gasteiger partial charge in [0.1, 0.15) is 0 Å². The maximum absolute atomic E-state index is 11.6. The molecule has 0 aliphatic heterocycles. The maximum Gasteiger partial charge on any atom is 0.338 e. The van der Waals surface area contributed by atoms with Crippen molar-refractivity contribution < 1.29 is 9.53 Å². The summed E-state index contributed by atoms with van der Waals surface area (Å²) in [6, 6.07) is 9.10. The number of carbonyl (C=O) groups is 1. The Bertz CT molecular complexity index is 600. The molecule has 5 heteroatoms. The lowest BCUT2D eigenvalue weighted by Gasteiger charge is -2.10. The lowest BCUT2D eigenvalue weighted by Crippen LogP contribution is -2.09. The number of aromatic nitrogens is 1. The van der Waals surface area contributed by atoms with E-state index in [9.17, 15) is 4.79 Å². The summed E-state index contributed by atoms with van der Waals surface area (Å²) >= 11 is 0. The summed E-state index contributed by atoms with van der Waals surface area (Å²) in [5.74, 6) is -0.354. The first-order valence-electron chi connectivity index (χ1n) is 6.90. The van der Waals surface area contributed by atoms with Crippen LogP contribution in [0, 0.1) is 0 Å². The molecule has 0 aliphatic carbocycles. The van der Waals surface area contributed by atoms with E-state index in [1.807, 2.05) is 12.1 Å². The fourth-order valence-electron chi connectivity index (χ4n) is 1.96. The molecule has 1 aromatic heterocycles. The van der Waals surface area contributed by atoms with E-state index in [2.05, 4.69) is 10.3 Å². The van der Waals surface area contributed by atoms with E-state index in [-0.39, 0.29) is 5.97 Å². The topological polar surface area (TPSA) is 77.2 Å². The van der Waals surface area contributed by atoms with E-state index in [1.54, 1.807) is 37.5 Å². The summed E-state index contributed by atoms with van der Waals surface area (Å²) in [6.45, 7) is 2.88. The van der Waals surface area contributed by atoms with Crippen LogP contribution in [0.2, 0.25) is 0 Å². The second kappa shape index (κ2) is 7.28. The third-order valence-electron chi connectivity index (χ3n) is 3.04. The largest absolute Gasteiger partial charge is 0.462 e.